The van der Waals surface area contributed by atoms with Gasteiger partial charge in [0.2, 0.25) is 6.41 Å². The van der Waals surface area contributed by atoms with E-state index in [9.17, 15) is 4.79 Å². The lowest BCUT2D eigenvalue weighted by Crippen LogP contribution is -2.43. The van der Waals surface area contributed by atoms with Crippen molar-refractivity contribution < 1.29 is 4.79 Å². The van der Waals surface area contributed by atoms with E-state index in [0.29, 0.717) is 6.04 Å². The Morgan fingerprint density at radius 3 is 2.48 bits per heavy atom. The average Bonchev–Trinajstić information content (AvgIpc) is 2.57. The molecule has 2 rings (SSSR count). The number of amides is 1. The summed E-state index contributed by atoms with van der Waals surface area (Å²) in [5, 5.41) is 2.78. The molecule has 4 nitrogen and oxygen atoms in total. The Labute approximate surface area is 129 Å². The number of hydrogen-bond acceptors (Lipinski definition) is 3. The van der Waals surface area contributed by atoms with Gasteiger partial charge in [-0.2, -0.15) is 0 Å². The average molecular weight is 291 g/mol. The van der Waals surface area contributed by atoms with Gasteiger partial charge in [-0.1, -0.05) is 32.9 Å². The highest BCUT2D eigenvalue weighted by molar-refractivity contribution is 5.81. The molecule has 4 heteroatoms. The van der Waals surface area contributed by atoms with E-state index in [-0.39, 0.29) is 0 Å². The zero-order valence-corrected chi connectivity index (χ0v) is 13.8. The summed E-state index contributed by atoms with van der Waals surface area (Å²) in [6.45, 7) is 9.68. The van der Waals surface area contributed by atoms with E-state index in [2.05, 4.69) is 35.2 Å². The van der Waals surface area contributed by atoms with Gasteiger partial charge in [0.1, 0.15) is 0 Å². The Balaban J connectivity index is 0.00000106. The molecule has 1 N–H and O–H groups in total. The molecule has 0 bridgehead atoms. The Morgan fingerprint density at radius 2 is 1.90 bits per heavy atom. The second kappa shape index (κ2) is 9.40. The van der Waals surface area contributed by atoms with Crippen LogP contribution in [0.1, 0.15) is 33.6 Å². The molecule has 1 aromatic rings. The standard InChI is InChI=1S/C15H23N3O.C2H6/c1-3-18-10-8-13(9-11-18)17(2)15-7-5-4-6-14(15)16-12-19;1-2/h4-7,12-13H,3,8-11H2,1-2H3,(H,16,19);1-2H3. The maximum atomic E-state index is 10.7. The van der Waals surface area contributed by atoms with Crippen LogP contribution in [-0.4, -0.2) is 44.0 Å². The molecule has 1 aliphatic heterocycles. The number of hydrogen-bond donors (Lipinski definition) is 1. The van der Waals surface area contributed by atoms with Crippen LogP contribution in [0.5, 0.6) is 0 Å². The van der Waals surface area contributed by atoms with Gasteiger partial charge in [-0.3, -0.25) is 4.79 Å². The van der Waals surface area contributed by atoms with Gasteiger partial charge in [0.25, 0.3) is 0 Å². The highest BCUT2D eigenvalue weighted by Gasteiger charge is 2.22. The van der Waals surface area contributed by atoms with E-state index in [1.54, 1.807) is 0 Å². The number of likely N-dealkylation sites (tertiary alicyclic amines) is 1. The molecule has 0 aromatic heterocycles. The number of anilines is 2. The summed E-state index contributed by atoms with van der Waals surface area (Å²) in [4.78, 5) is 15.5. The highest BCUT2D eigenvalue weighted by atomic mass is 16.1. The lowest BCUT2D eigenvalue weighted by molar-refractivity contribution is -0.105. The summed E-state index contributed by atoms with van der Waals surface area (Å²) in [6.07, 6.45) is 3.10. The monoisotopic (exact) mass is 291 g/mol. The van der Waals surface area contributed by atoms with Crippen LogP contribution >= 0.6 is 0 Å². The normalized spacial score (nSPS) is 15.8. The van der Waals surface area contributed by atoms with Crippen molar-refractivity contribution in [1.82, 2.24) is 4.90 Å². The Bertz CT molecular complexity index is 414. The number of nitrogens with zero attached hydrogens (tertiary/aromatic N) is 2. The molecular weight excluding hydrogens is 262 g/mol. The minimum atomic E-state index is 0.553. The van der Waals surface area contributed by atoms with Crippen molar-refractivity contribution >= 4 is 17.8 Å². The van der Waals surface area contributed by atoms with Crippen molar-refractivity contribution in [2.75, 3.05) is 36.9 Å². The first kappa shape index (κ1) is 17.5. The van der Waals surface area contributed by atoms with Crippen LogP contribution in [0.4, 0.5) is 11.4 Å². The predicted octanol–water partition coefficient (Wildman–Crippen LogP) is 3.20. The number of carbonyl (C=O) groups excluding carboxylic acids is 1. The summed E-state index contributed by atoms with van der Waals surface area (Å²) in [5.74, 6) is 0. The van der Waals surface area contributed by atoms with E-state index in [0.717, 1.165) is 37.4 Å². The number of carbonyl (C=O) groups is 1. The van der Waals surface area contributed by atoms with Crippen molar-refractivity contribution in [3.8, 4) is 0 Å². The summed E-state index contributed by atoms with van der Waals surface area (Å²) >= 11 is 0. The molecule has 0 aliphatic carbocycles. The van der Waals surface area contributed by atoms with E-state index >= 15 is 0 Å². The van der Waals surface area contributed by atoms with Gasteiger partial charge in [0.15, 0.2) is 0 Å². The number of para-hydroxylation sites is 2. The second-order valence-corrected chi connectivity index (χ2v) is 5.06. The van der Waals surface area contributed by atoms with E-state index in [1.165, 1.54) is 12.8 Å². The first-order valence-corrected chi connectivity index (χ1v) is 8.00. The fourth-order valence-electron chi connectivity index (χ4n) is 2.79. The molecule has 0 spiro atoms. The number of benzene rings is 1. The van der Waals surface area contributed by atoms with Crippen LogP contribution < -0.4 is 10.2 Å². The lowest BCUT2D eigenvalue weighted by Gasteiger charge is -2.38. The molecule has 0 radical (unpaired) electrons. The summed E-state index contributed by atoms with van der Waals surface area (Å²) < 4.78 is 0. The molecule has 0 atom stereocenters. The zero-order valence-electron chi connectivity index (χ0n) is 13.8. The van der Waals surface area contributed by atoms with Crippen molar-refractivity contribution in [1.29, 1.82) is 0 Å². The molecule has 1 fully saturated rings. The third-order valence-corrected chi connectivity index (χ3v) is 4.05. The quantitative estimate of drug-likeness (QED) is 0.846. The van der Waals surface area contributed by atoms with Gasteiger partial charge in [0.05, 0.1) is 11.4 Å². The number of piperidine rings is 1. The van der Waals surface area contributed by atoms with Gasteiger partial charge >= 0.3 is 0 Å². The first-order chi connectivity index (χ1) is 10.3. The molecule has 1 amide bonds. The molecule has 118 valence electrons. The lowest BCUT2D eigenvalue weighted by atomic mass is 10.0. The van der Waals surface area contributed by atoms with Gasteiger partial charge in [-0.25, -0.2) is 0 Å². The summed E-state index contributed by atoms with van der Waals surface area (Å²) in [5.41, 5.74) is 1.99. The predicted molar refractivity (Wildman–Crippen MR) is 91.0 cm³/mol. The first-order valence-electron chi connectivity index (χ1n) is 8.00. The molecule has 0 unspecified atom stereocenters. The fraction of sp³-hybridized carbons (Fsp3) is 0.588. The molecule has 1 heterocycles. The zero-order chi connectivity index (χ0) is 15.7. The number of nitrogens with one attached hydrogen (secondary N) is 1. The van der Waals surface area contributed by atoms with Crippen LogP contribution in [0.3, 0.4) is 0 Å². The molecule has 0 saturated carbocycles. The Kier molecular flexibility index (Phi) is 7.83. The van der Waals surface area contributed by atoms with E-state index in [1.807, 2.05) is 32.0 Å². The summed E-state index contributed by atoms with van der Waals surface area (Å²) in [7, 11) is 2.12. The fourth-order valence-corrected chi connectivity index (χ4v) is 2.79. The van der Waals surface area contributed by atoms with Crippen LogP contribution in [-0.2, 0) is 4.79 Å². The van der Waals surface area contributed by atoms with Crippen molar-refractivity contribution in [2.45, 2.75) is 39.7 Å². The molecule has 1 aromatic carbocycles. The smallest absolute Gasteiger partial charge is 0.211 e. The van der Waals surface area contributed by atoms with Crippen LogP contribution in [0.25, 0.3) is 0 Å². The third kappa shape index (κ3) is 4.74. The van der Waals surface area contributed by atoms with Gasteiger partial charge in [-0.05, 0) is 31.5 Å². The summed E-state index contributed by atoms with van der Waals surface area (Å²) in [6, 6.07) is 8.53. The maximum absolute atomic E-state index is 10.7. The van der Waals surface area contributed by atoms with Gasteiger partial charge in [0, 0.05) is 26.2 Å². The molecule has 21 heavy (non-hydrogen) atoms. The Morgan fingerprint density at radius 1 is 1.29 bits per heavy atom. The SMILES string of the molecule is CC.CCN1CCC(N(C)c2ccccc2NC=O)CC1. The topological polar surface area (TPSA) is 35.6 Å². The van der Waals surface area contributed by atoms with Crippen LogP contribution in [0, 0.1) is 0 Å². The van der Waals surface area contributed by atoms with Gasteiger partial charge < -0.3 is 15.1 Å². The molecule has 1 saturated heterocycles. The largest absolute Gasteiger partial charge is 0.370 e. The second-order valence-electron chi connectivity index (χ2n) is 5.06. The van der Waals surface area contributed by atoms with E-state index < -0.39 is 0 Å². The minimum Gasteiger partial charge on any atom is -0.370 e. The molecule has 1 aliphatic rings. The van der Waals surface area contributed by atoms with Crippen molar-refractivity contribution in [2.24, 2.45) is 0 Å². The number of rotatable bonds is 5. The molecular formula is C17H29N3O. The minimum absolute atomic E-state index is 0.553. The third-order valence-electron chi connectivity index (χ3n) is 4.05. The van der Waals surface area contributed by atoms with E-state index in [4.69, 9.17) is 0 Å². The van der Waals surface area contributed by atoms with Crippen molar-refractivity contribution in [3.63, 3.8) is 0 Å². The van der Waals surface area contributed by atoms with Crippen LogP contribution in [0.2, 0.25) is 0 Å². The highest BCUT2D eigenvalue weighted by Crippen LogP contribution is 2.28. The van der Waals surface area contributed by atoms with Crippen molar-refractivity contribution in [3.05, 3.63) is 24.3 Å². The Hall–Kier alpha value is -1.55. The maximum Gasteiger partial charge on any atom is 0.211 e. The van der Waals surface area contributed by atoms with Gasteiger partial charge in [-0.15, -0.1) is 0 Å². The van der Waals surface area contributed by atoms with Crippen LogP contribution in [0.15, 0.2) is 24.3 Å².